The van der Waals surface area contributed by atoms with Crippen molar-refractivity contribution in [3.05, 3.63) is 27.5 Å². The molecule has 0 unspecified atom stereocenters. The topological polar surface area (TPSA) is 49.3 Å². The number of hydrogen-bond donors (Lipinski definition) is 2. The van der Waals surface area contributed by atoms with E-state index in [0.717, 1.165) is 69.8 Å². The second kappa shape index (κ2) is 7.68. The maximum absolute atomic E-state index is 15.1. The Morgan fingerprint density at radius 2 is 1.86 bits per heavy atom. The minimum atomic E-state index is -0.762. The molecule has 4 aliphatic carbocycles. The summed E-state index contributed by atoms with van der Waals surface area (Å²) in [6.07, 6.45) is 8.88. The number of hydrogen-bond acceptors (Lipinski definition) is 2. The fraction of sp³-hybridized carbons (Fsp3) is 0.682. The zero-order chi connectivity index (χ0) is 20.1. The van der Waals surface area contributed by atoms with Gasteiger partial charge in [-0.15, -0.1) is 0 Å². The average Bonchev–Trinajstić information content (AvgIpc) is 3.13. The quantitative estimate of drug-likeness (QED) is 0.545. The number of amides is 1. The molecule has 3 nitrogen and oxygen atoms in total. The van der Waals surface area contributed by atoms with E-state index in [4.69, 9.17) is 23.2 Å². The lowest BCUT2D eigenvalue weighted by molar-refractivity contribution is -0.127. The molecule has 1 aromatic carbocycles. The summed E-state index contributed by atoms with van der Waals surface area (Å²) in [6, 6.07) is 0.574. The first-order valence-corrected chi connectivity index (χ1v) is 11.2. The van der Waals surface area contributed by atoms with Crippen LogP contribution in [0.25, 0.3) is 0 Å². The van der Waals surface area contributed by atoms with Crippen LogP contribution >= 0.6 is 23.2 Å². The summed E-state index contributed by atoms with van der Waals surface area (Å²) in [4.78, 5) is 13.1. The first-order chi connectivity index (χ1) is 13.3. The fourth-order valence-electron chi connectivity index (χ4n) is 5.82. The molecule has 0 saturated heterocycles. The van der Waals surface area contributed by atoms with Gasteiger partial charge in [0.1, 0.15) is 0 Å². The SMILES string of the molecule is C[C@H]1CC[C@H](C(=O)N[C@H](c2c(F)c(O)cc(Cl)c2Cl)C23CCC(CC2)CC3)C1. The molecule has 5 rings (SSSR count). The molecule has 0 aromatic heterocycles. The Morgan fingerprint density at radius 3 is 2.43 bits per heavy atom. The second-order valence-corrected chi connectivity index (χ2v) is 10.1. The molecule has 2 bridgehead atoms. The predicted molar refractivity (Wildman–Crippen MR) is 109 cm³/mol. The zero-order valence-corrected chi connectivity index (χ0v) is 17.8. The minimum absolute atomic E-state index is 0.0219. The van der Waals surface area contributed by atoms with Crippen LogP contribution in [0, 0.1) is 29.0 Å². The van der Waals surface area contributed by atoms with Crippen molar-refractivity contribution in [3.63, 3.8) is 0 Å². The van der Waals surface area contributed by atoms with Gasteiger partial charge in [0.15, 0.2) is 11.6 Å². The van der Waals surface area contributed by atoms with Gasteiger partial charge in [0, 0.05) is 17.5 Å². The molecule has 0 radical (unpaired) electrons. The van der Waals surface area contributed by atoms with Crippen molar-refractivity contribution >= 4 is 29.1 Å². The molecule has 4 aliphatic rings. The van der Waals surface area contributed by atoms with Gasteiger partial charge in [0.2, 0.25) is 5.91 Å². The average molecular weight is 428 g/mol. The molecule has 1 aromatic rings. The number of halogens is 3. The number of carbonyl (C=O) groups excluding carboxylic acids is 1. The zero-order valence-electron chi connectivity index (χ0n) is 16.2. The van der Waals surface area contributed by atoms with Gasteiger partial charge < -0.3 is 10.4 Å². The van der Waals surface area contributed by atoms with Crippen molar-refractivity contribution in [1.82, 2.24) is 5.32 Å². The van der Waals surface area contributed by atoms with Gasteiger partial charge in [-0.2, -0.15) is 0 Å². The summed E-state index contributed by atoms with van der Waals surface area (Å²) in [7, 11) is 0. The molecular formula is C22H28Cl2FNO2. The highest BCUT2D eigenvalue weighted by Gasteiger charge is 2.49. The van der Waals surface area contributed by atoms with Gasteiger partial charge in [-0.05, 0) is 75.0 Å². The molecule has 2 N–H and O–H groups in total. The van der Waals surface area contributed by atoms with E-state index >= 15 is 4.39 Å². The van der Waals surface area contributed by atoms with Crippen molar-refractivity contribution in [2.45, 2.75) is 70.8 Å². The monoisotopic (exact) mass is 427 g/mol. The normalized spacial score (nSPS) is 33.1. The van der Waals surface area contributed by atoms with Crippen LogP contribution in [0.2, 0.25) is 10.0 Å². The number of rotatable bonds is 4. The third-order valence-electron chi connectivity index (χ3n) is 7.58. The van der Waals surface area contributed by atoms with E-state index in [2.05, 4.69) is 12.2 Å². The van der Waals surface area contributed by atoms with Gasteiger partial charge in [-0.3, -0.25) is 4.79 Å². The first-order valence-electron chi connectivity index (χ1n) is 10.5. The van der Waals surface area contributed by atoms with Crippen LogP contribution in [0.15, 0.2) is 6.07 Å². The maximum atomic E-state index is 15.1. The Balaban J connectivity index is 1.73. The molecule has 3 atom stereocenters. The predicted octanol–water partition coefficient (Wildman–Crippen LogP) is 6.40. The molecule has 4 fully saturated rings. The number of aromatic hydroxyl groups is 1. The van der Waals surface area contributed by atoms with E-state index in [1.807, 2.05) is 0 Å². The standard InChI is InChI=1S/C22H28Cl2FNO2/c1-12-2-3-14(10-12)21(28)26-20(22-7-4-13(5-8-22)6-9-22)17-18(24)15(23)11-16(27)19(17)25/h11-14,20,27H,2-10H2,1H3,(H,26,28)/t12-,13?,14-,20+,22?/m0/s1. The van der Waals surface area contributed by atoms with Gasteiger partial charge in [-0.1, -0.05) is 30.1 Å². The first kappa shape index (κ1) is 20.3. The number of carbonyl (C=O) groups is 1. The molecule has 28 heavy (non-hydrogen) atoms. The lowest BCUT2D eigenvalue weighted by atomic mass is 9.56. The molecule has 0 aliphatic heterocycles. The van der Waals surface area contributed by atoms with Crippen LogP contribution in [-0.4, -0.2) is 11.0 Å². The fourth-order valence-corrected chi connectivity index (χ4v) is 6.27. The van der Waals surface area contributed by atoms with Crippen molar-refractivity contribution in [2.75, 3.05) is 0 Å². The van der Waals surface area contributed by atoms with Crippen LogP contribution < -0.4 is 5.32 Å². The van der Waals surface area contributed by atoms with Crippen LogP contribution in [0.1, 0.15) is 76.3 Å². The van der Waals surface area contributed by atoms with Crippen LogP contribution in [0.4, 0.5) is 4.39 Å². The minimum Gasteiger partial charge on any atom is -0.505 e. The molecule has 4 saturated carbocycles. The third-order valence-corrected chi connectivity index (χ3v) is 8.38. The van der Waals surface area contributed by atoms with Crippen molar-refractivity contribution in [3.8, 4) is 5.75 Å². The van der Waals surface area contributed by atoms with E-state index in [-0.39, 0.29) is 32.8 Å². The third kappa shape index (κ3) is 3.52. The van der Waals surface area contributed by atoms with E-state index in [1.54, 1.807) is 0 Å². The molecule has 6 heteroatoms. The Morgan fingerprint density at radius 1 is 1.21 bits per heavy atom. The van der Waals surface area contributed by atoms with E-state index < -0.39 is 17.6 Å². The van der Waals surface area contributed by atoms with Crippen molar-refractivity contribution < 1.29 is 14.3 Å². The van der Waals surface area contributed by atoms with Crippen LogP contribution in [0.5, 0.6) is 5.75 Å². The number of phenols is 1. The van der Waals surface area contributed by atoms with Crippen molar-refractivity contribution in [2.24, 2.45) is 23.2 Å². The van der Waals surface area contributed by atoms with Crippen molar-refractivity contribution in [1.29, 1.82) is 0 Å². The second-order valence-electron chi connectivity index (χ2n) is 9.32. The highest BCUT2D eigenvalue weighted by Crippen LogP contribution is 2.58. The van der Waals surface area contributed by atoms with Gasteiger partial charge >= 0.3 is 0 Å². The molecule has 0 spiro atoms. The largest absolute Gasteiger partial charge is 0.505 e. The highest BCUT2D eigenvalue weighted by atomic mass is 35.5. The van der Waals surface area contributed by atoms with E-state index in [0.29, 0.717) is 5.92 Å². The van der Waals surface area contributed by atoms with Crippen LogP contribution in [0.3, 0.4) is 0 Å². The molecule has 1 amide bonds. The number of phenolic OH excluding ortho intramolecular Hbond substituents is 1. The van der Waals surface area contributed by atoms with E-state index in [9.17, 15) is 9.90 Å². The number of nitrogens with one attached hydrogen (secondary N) is 1. The summed E-state index contributed by atoms with van der Waals surface area (Å²) in [5, 5.41) is 13.5. The highest BCUT2D eigenvalue weighted by molar-refractivity contribution is 6.42. The Kier molecular flexibility index (Phi) is 5.56. The summed E-state index contributed by atoms with van der Waals surface area (Å²) < 4.78 is 15.1. The Labute approximate surface area is 176 Å². The Hall–Kier alpha value is -1.00. The number of benzene rings is 1. The summed E-state index contributed by atoms with van der Waals surface area (Å²) in [5.41, 5.74) is -0.0672. The van der Waals surface area contributed by atoms with Gasteiger partial charge in [-0.25, -0.2) is 4.39 Å². The lowest BCUT2D eigenvalue weighted by Gasteiger charge is -2.51. The summed E-state index contributed by atoms with van der Waals surface area (Å²) in [5.74, 6) is -0.0644. The van der Waals surface area contributed by atoms with E-state index in [1.165, 1.54) is 0 Å². The van der Waals surface area contributed by atoms with Gasteiger partial charge in [0.05, 0.1) is 16.1 Å². The smallest absolute Gasteiger partial charge is 0.223 e. The molecule has 0 heterocycles. The summed E-state index contributed by atoms with van der Waals surface area (Å²) in [6.45, 7) is 2.16. The summed E-state index contributed by atoms with van der Waals surface area (Å²) >= 11 is 12.6. The molecule has 154 valence electrons. The number of fused-ring (bicyclic) bond motifs is 3. The van der Waals surface area contributed by atoms with Gasteiger partial charge in [0.25, 0.3) is 0 Å². The van der Waals surface area contributed by atoms with Crippen LogP contribution in [-0.2, 0) is 4.79 Å². The Bertz CT molecular complexity index is 736. The molecular weight excluding hydrogens is 400 g/mol. The lowest BCUT2D eigenvalue weighted by Crippen LogP contribution is -2.47. The maximum Gasteiger partial charge on any atom is 0.223 e.